The van der Waals surface area contributed by atoms with E-state index in [9.17, 15) is 4.79 Å². The number of amides is 1. The van der Waals surface area contributed by atoms with E-state index in [0.29, 0.717) is 34.0 Å². The Balaban J connectivity index is 1.32. The monoisotopic (exact) mass is 606 g/mol. The molecule has 0 saturated carbocycles. The average Bonchev–Trinajstić information content (AvgIpc) is 3.04. The number of nitrogens with zero attached hydrogens (tertiary/aromatic N) is 3. The normalized spacial score (nSPS) is 14.0. The van der Waals surface area contributed by atoms with Crippen molar-refractivity contribution in [2.75, 3.05) is 44.4 Å². The lowest BCUT2D eigenvalue weighted by molar-refractivity contribution is 0.0964. The molecule has 4 rings (SSSR count). The molecule has 0 unspecified atom stereocenters. The molecule has 3 N–H and O–H groups in total. The quantitative estimate of drug-likeness (QED) is 0.141. The Hall–Kier alpha value is -3.36. The number of piperidine rings is 1. The molecule has 0 radical (unpaired) electrons. The Bertz CT molecular complexity index is 1310. The first-order chi connectivity index (χ1) is 21.0. The van der Waals surface area contributed by atoms with E-state index in [-0.39, 0.29) is 5.91 Å². The molecule has 2 aromatic carbocycles. The third-order valence-electron chi connectivity index (χ3n) is 8.25. The molecule has 3 aromatic rings. The van der Waals surface area contributed by atoms with Crippen molar-refractivity contribution in [1.82, 2.24) is 20.2 Å². The number of likely N-dealkylation sites (tertiary alicyclic amines) is 1. The van der Waals surface area contributed by atoms with Crippen LogP contribution in [0.15, 0.2) is 48.7 Å². The molecule has 43 heavy (non-hydrogen) atoms. The van der Waals surface area contributed by atoms with E-state index < -0.39 is 0 Å². The lowest BCUT2D eigenvalue weighted by Crippen LogP contribution is -2.33. The summed E-state index contributed by atoms with van der Waals surface area (Å²) >= 11 is 6.41. The van der Waals surface area contributed by atoms with Gasteiger partial charge in [0.2, 0.25) is 5.95 Å². The Morgan fingerprint density at radius 2 is 1.70 bits per heavy atom. The maximum absolute atomic E-state index is 12.3. The van der Waals surface area contributed by atoms with Crippen molar-refractivity contribution < 1.29 is 9.53 Å². The van der Waals surface area contributed by atoms with Gasteiger partial charge in [-0.05, 0) is 74.6 Å². The van der Waals surface area contributed by atoms with E-state index in [2.05, 4.69) is 49.9 Å². The highest BCUT2D eigenvalue weighted by Gasteiger charge is 2.22. The Morgan fingerprint density at radius 1 is 0.977 bits per heavy atom. The predicted octanol–water partition coefficient (Wildman–Crippen LogP) is 8.31. The number of aromatic nitrogens is 2. The van der Waals surface area contributed by atoms with Crippen molar-refractivity contribution in [2.45, 2.75) is 77.0 Å². The molecule has 1 aliphatic rings. The topological polar surface area (TPSA) is 91.4 Å². The number of carbonyl (C=O) groups is 1. The first-order valence-electron chi connectivity index (χ1n) is 15.8. The zero-order valence-corrected chi connectivity index (χ0v) is 26.7. The minimum Gasteiger partial charge on any atom is -0.495 e. The summed E-state index contributed by atoms with van der Waals surface area (Å²) in [5, 5.41) is 9.45. The molecule has 1 aliphatic heterocycles. The van der Waals surface area contributed by atoms with Gasteiger partial charge in [0.15, 0.2) is 5.82 Å². The van der Waals surface area contributed by atoms with E-state index in [1.54, 1.807) is 26.3 Å². The number of nitrogens with one attached hydrogen (secondary N) is 3. The fraction of sp³-hybridized carbons (Fsp3) is 0.500. The average molecular weight is 607 g/mol. The Kier molecular flexibility index (Phi) is 12.9. The van der Waals surface area contributed by atoms with E-state index >= 15 is 0 Å². The molecular weight excluding hydrogens is 560 g/mol. The minimum absolute atomic E-state index is 0.203. The van der Waals surface area contributed by atoms with E-state index in [1.807, 2.05) is 18.2 Å². The van der Waals surface area contributed by atoms with Crippen LogP contribution >= 0.6 is 11.6 Å². The Labute approximate surface area is 262 Å². The molecule has 1 saturated heterocycles. The number of anilines is 4. The summed E-state index contributed by atoms with van der Waals surface area (Å²) in [6.45, 7) is 5.81. The summed E-state index contributed by atoms with van der Waals surface area (Å²) in [6.07, 6.45) is 14.8. The van der Waals surface area contributed by atoms with Gasteiger partial charge >= 0.3 is 0 Å². The number of hydrogen-bond donors (Lipinski definition) is 3. The second-order valence-corrected chi connectivity index (χ2v) is 11.7. The van der Waals surface area contributed by atoms with E-state index in [0.717, 1.165) is 24.5 Å². The molecular formula is C34H47ClN6O2. The maximum atomic E-state index is 12.3. The van der Waals surface area contributed by atoms with Crippen molar-refractivity contribution >= 4 is 40.6 Å². The van der Waals surface area contributed by atoms with Gasteiger partial charge < -0.3 is 25.6 Å². The zero-order chi connectivity index (χ0) is 30.4. The SMILES string of the molecule is CCCCCCCCCCN1CCC(c2ccc(Nc3ncc(Cl)c(Nc4ccccc4C(=O)NC)n3)c(OC)c2)CC1. The van der Waals surface area contributed by atoms with Crippen LogP contribution in [-0.4, -0.2) is 54.6 Å². The summed E-state index contributed by atoms with van der Waals surface area (Å²) in [5.74, 6) is 1.83. The van der Waals surface area contributed by atoms with Gasteiger partial charge in [0.25, 0.3) is 5.91 Å². The number of carbonyl (C=O) groups excluding carboxylic acids is 1. The van der Waals surface area contributed by atoms with Gasteiger partial charge in [-0.15, -0.1) is 0 Å². The van der Waals surface area contributed by atoms with Crippen LogP contribution in [0.1, 0.15) is 93.0 Å². The number of benzene rings is 2. The summed E-state index contributed by atoms with van der Waals surface area (Å²) < 4.78 is 5.77. The molecule has 2 heterocycles. The number of halogens is 1. The zero-order valence-electron chi connectivity index (χ0n) is 25.9. The van der Waals surface area contributed by atoms with Crippen LogP contribution in [0, 0.1) is 0 Å². The number of para-hydroxylation sites is 1. The van der Waals surface area contributed by atoms with E-state index in [4.69, 9.17) is 16.3 Å². The lowest BCUT2D eigenvalue weighted by atomic mass is 9.89. The van der Waals surface area contributed by atoms with Crippen LogP contribution in [0.5, 0.6) is 5.75 Å². The number of hydrogen-bond acceptors (Lipinski definition) is 7. The lowest BCUT2D eigenvalue weighted by Gasteiger charge is -2.32. The number of unbranched alkanes of at least 4 members (excludes halogenated alkanes) is 7. The molecule has 1 amide bonds. The summed E-state index contributed by atoms with van der Waals surface area (Å²) in [4.78, 5) is 23.9. The molecule has 8 nitrogen and oxygen atoms in total. The summed E-state index contributed by atoms with van der Waals surface area (Å²) in [6, 6.07) is 13.5. The van der Waals surface area contributed by atoms with Gasteiger partial charge in [0.1, 0.15) is 10.8 Å². The maximum Gasteiger partial charge on any atom is 0.253 e. The minimum atomic E-state index is -0.203. The second kappa shape index (κ2) is 17.1. The van der Waals surface area contributed by atoms with Crippen LogP contribution in [-0.2, 0) is 0 Å². The fourth-order valence-electron chi connectivity index (χ4n) is 5.71. The number of methoxy groups -OCH3 is 1. The highest BCUT2D eigenvalue weighted by Crippen LogP contribution is 2.35. The third-order valence-corrected chi connectivity index (χ3v) is 8.53. The first kappa shape index (κ1) is 32.6. The standard InChI is InChI=1S/C34H47ClN6O2/c1-4-5-6-7-8-9-10-13-20-41-21-18-25(19-22-41)26-16-17-30(31(23-26)43-3)39-34-37-24-28(35)32(40-34)38-29-15-12-11-14-27(29)33(42)36-2/h11-12,14-17,23-25H,4-10,13,18-22H2,1-3H3,(H,36,42)(H2,37,38,39,40). The summed E-state index contributed by atoms with van der Waals surface area (Å²) in [5.41, 5.74) is 3.17. The fourth-order valence-corrected chi connectivity index (χ4v) is 5.85. The van der Waals surface area contributed by atoms with Crippen molar-refractivity contribution in [3.63, 3.8) is 0 Å². The van der Waals surface area contributed by atoms with Crippen LogP contribution in [0.25, 0.3) is 0 Å². The van der Waals surface area contributed by atoms with Crippen LogP contribution in [0.2, 0.25) is 5.02 Å². The van der Waals surface area contributed by atoms with Crippen molar-refractivity contribution in [1.29, 1.82) is 0 Å². The number of rotatable bonds is 16. The van der Waals surface area contributed by atoms with Crippen LogP contribution < -0.4 is 20.7 Å². The number of ether oxygens (including phenoxy) is 1. The molecule has 0 atom stereocenters. The third kappa shape index (κ3) is 9.57. The van der Waals surface area contributed by atoms with E-state index in [1.165, 1.54) is 82.5 Å². The van der Waals surface area contributed by atoms with Crippen molar-refractivity contribution in [3.8, 4) is 5.75 Å². The van der Waals surface area contributed by atoms with Gasteiger partial charge in [0, 0.05) is 7.05 Å². The largest absolute Gasteiger partial charge is 0.495 e. The molecule has 0 spiro atoms. The van der Waals surface area contributed by atoms with Crippen LogP contribution in [0.4, 0.5) is 23.1 Å². The summed E-state index contributed by atoms with van der Waals surface area (Å²) in [7, 11) is 3.28. The Morgan fingerprint density at radius 3 is 2.42 bits per heavy atom. The molecule has 1 aromatic heterocycles. The molecule has 9 heteroatoms. The second-order valence-electron chi connectivity index (χ2n) is 11.3. The molecule has 232 valence electrons. The van der Waals surface area contributed by atoms with Crippen molar-refractivity contribution in [3.05, 3.63) is 64.8 Å². The smallest absolute Gasteiger partial charge is 0.253 e. The van der Waals surface area contributed by atoms with Gasteiger partial charge in [-0.1, -0.05) is 81.7 Å². The van der Waals surface area contributed by atoms with Crippen LogP contribution in [0.3, 0.4) is 0 Å². The molecule has 0 bridgehead atoms. The van der Waals surface area contributed by atoms with Gasteiger partial charge in [-0.2, -0.15) is 4.98 Å². The van der Waals surface area contributed by atoms with Crippen molar-refractivity contribution in [2.24, 2.45) is 0 Å². The highest BCUT2D eigenvalue weighted by molar-refractivity contribution is 6.33. The molecule has 1 fully saturated rings. The highest BCUT2D eigenvalue weighted by atomic mass is 35.5. The predicted molar refractivity (Wildman–Crippen MR) is 177 cm³/mol. The van der Waals surface area contributed by atoms with Gasteiger partial charge in [-0.3, -0.25) is 4.79 Å². The van der Waals surface area contributed by atoms with Gasteiger partial charge in [-0.25, -0.2) is 4.98 Å². The first-order valence-corrected chi connectivity index (χ1v) is 16.2. The molecule has 0 aliphatic carbocycles. The van der Waals surface area contributed by atoms with Gasteiger partial charge in [0.05, 0.1) is 30.2 Å².